The van der Waals surface area contributed by atoms with E-state index in [9.17, 15) is 9.59 Å². The van der Waals surface area contributed by atoms with Crippen molar-refractivity contribution < 1.29 is 4.79 Å². The molecule has 8 heteroatoms. The molecule has 2 heterocycles. The number of nitrogen functional groups attached to an aromatic ring is 1. The van der Waals surface area contributed by atoms with Crippen LogP contribution in [0.3, 0.4) is 0 Å². The largest absolute Gasteiger partial charge is 0.381 e. The van der Waals surface area contributed by atoms with E-state index in [0.717, 1.165) is 5.39 Å². The van der Waals surface area contributed by atoms with Gasteiger partial charge in [-0.15, -0.1) is 5.92 Å². The predicted molar refractivity (Wildman–Crippen MR) is 144 cm³/mol. The number of carbonyl (C=O) groups excluding carboxylic acids is 1. The Morgan fingerprint density at radius 1 is 1.22 bits per heavy atom. The Kier molecular flexibility index (Phi) is 6.84. The molecule has 0 aliphatic heterocycles. The van der Waals surface area contributed by atoms with E-state index in [0.29, 0.717) is 28.1 Å². The predicted octanol–water partition coefficient (Wildman–Crippen LogP) is 4.06. The van der Waals surface area contributed by atoms with E-state index in [1.54, 1.807) is 18.5 Å². The van der Waals surface area contributed by atoms with Crippen LogP contribution < -0.4 is 16.6 Å². The number of amides is 1. The van der Waals surface area contributed by atoms with E-state index in [1.807, 2.05) is 61.5 Å². The molecular weight excluding hydrogens is 452 g/mol. The zero-order chi connectivity index (χ0) is 25.8. The molecule has 0 saturated heterocycles. The molecule has 0 bridgehead atoms. The molecule has 2 aromatic heterocycles. The van der Waals surface area contributed by atoms with Gasteiger partial charge in [-0.05, 0) is 43.5 Å². The van der Waals surface area contributed by atoms with Crippen molar-refractivity contribution in [3.63, 3.8) is 0 Å². The Hall–Kier alpha value is -4.90. The van der Waals surface area contributed by atoms with Crippen molar-refractivity contribution in [2.24, 2.45) is 12.0 Å². The van der Waals surface area contributed by atoms with Crippen LogP contribution in [-0.4, -0.2) is 26.5 Å². The van der Waals surface area contributed by atoms with Crippen LogP contribution in [0.5, 0.6) is 0 Å². The van der Waals surface area contributed by atoms with E-state index in [4.69, 9.17) is 5.73 Å². The summed E-state index contributed by atoms with van der Waals surface area (Å²) >= 11 is 0. The number of rotatable bonds is 6. The van der Waals surface area contributed by atoms with E-state index in [2.05, 4.69) is 33.8 Å². The van der Waals surface area contributed by atoms with E-state index in [1.165, 1.54) is 17.0 Å². The number of nitrogens with one attached hydrogen (secondary N) is 1. The Morgan fingerprint density at radius 2 is 1.97 bits per heavy atom. The maximum absolute atomic E-state index is 13.9. The smallest absolute Gasteiger partial charge is 0.264 e. The summed E-state index contributed by atoms with van der Waals surface area (Å²) in [7, 11) is 1.65. The molecule has 0 aliphatic rings. The molecule has 4 aromatic rings. The van der Waals surface area contributed by atoms with Gasteiger partial charge in [0.25, 0.3) is 11.5 Å². The van der Waals surface area contributed by atoms with E-state index >= 15 is 0 Å². The van der Waals surface area contributed by atoms with Crippen molar-refractivity contribution in [3.05, 3.63) is 94.4 Å². The monoisotopic (exact) mass is 478 g/mol. The third kappa shape index (κ3) is 4.42. The summed E-state index contributed by atoms with van der Waals surface area (Å²) in [6, 6.07) is 16.2. The topological polar surface area (TPSA) is 107 Å². The fraction of sp³-hybridized carbons (Fsp3) is 0.143. The van der Waals surface area contributed by atoms with Crippen LogP contribution in [0.4, 0.5) is 11.6 Å². The third-order valence-corrected chi connectivity index (χ3v) is 5.71. The average Bonchev–Trinajstić information content (AvgIpc) is 3.15. The van der Waals surface area contributed by atoms with Crippen LogP contribution in [0.15, 0.2) is 77.0 Å². The first-order valence-electron chi connectivity index (χ1n) is 11.3. The minimum atomic E-state index is -0.563. The normalized spacial score (nSPS) is 11.8. The van der Waals surface area contributed by atoms with Crippen LogP contribution in [0.2, 0.25) is 0 Å². The standard InChI is InChI=1S/C28H26N6O2/c1-5-11-19-12-10-13-20-17-22(34(28(36)23(19)20)21-14-8-7-9-15-21)18(3)31-27(35)24-25(29)32-33(4)26(24)30-16-6-2/h6-10,12-18H,2H2,1,3-4H3,(H2,29,32)(H,31,35)/b30-16-. The van der Waals surface area contributed by atoms with Crippen LogP contribution in [-0.2, 0) is 7.05 Å². The minimum absolute atomic E-state index is 0.0557. The molecule has 4 rings (SSSR count). The van der Waals surface area contributed by atoms with Crippen LogP contribution in [0.25, 0.3) is 16.5 Å². The molecule has 0 spiro atoms. The van der Waals surface area contributed by atoms with Crippen molar-refractivity contribution in [3.8, 4) is 17.5 Å². The molecule has 1 atom stereocenters. The van der Waals surface area contributed by atoms with Gasteiger partial charge in [-0.2, -0.15) is 5.10 Å². The van der Waals surface area contributed by atoms with Gasteiger partial charge in [0.15, 0.2) is 11.6 Å². The number of nitrogens with two attached hydrogens (primary N) is 1. The zero-order valence-electron chi connectivity index (χ0n) is 20.3. The number of nitrogens with zero attached hydrogens (tertiary/aromatic N) is 4. The number of anilines is 1. The van der Waals surface area contributed by atoms with Crippen molar-refractivity contribution in [2.75, 3.05) is 5.73 Å². The van der Waals surface area contributed by atoms with Gasteiger partial charge in [0.2, 0.25) is 0 Å². The zero-order valence-corrected chi connectivity index (χ0v) is 20.3. The Labute approximate surface area is 208 Å². The molecule has 0 saturated carbocycles. The van der Waals surface area contributed by atoms with Crippen molar-refractivity contribution >= 4 is 34.5 Å². The first-order valence-corrected chi connectivity index (χ1v) is 11.3. The number of fused-ring (bicyclic) bond motifs is 1. The van der Waals surface area contributed by atoms with E-state index < -0.39 is 11.9 Å². The molecule has 0 aliphatic carbocycles. The van der Waals surface area contributed by atoms with Crippen molar-refractivity contribution in [1.82, 2.24) is 19.7 Å². The van der Waals surface area contributed by atoms with Gasteiger partial charge < -0.3 is 11.1 Å². The van der Waals surface area contributed by atoms with Gasteiger partial charge in [-0.25, -0.2) is 9.67 Å². The Morgan fingerprint density at radius 3 is 2.67 bits per heavy atom. The lowest BCUT2D eigenvalue weighted by Gasteiger charge is -2.21. The second-order valence-electron chi connectivity index (χ2n) is 8.11. The molecule has 1 unspecified atom stereocenters. The highest BCUT2D eigenvalue weighted by molar-refractivity contribution is 6.03. The molecule has 1 amide bonds. The number of pyridine rings is 1. The van der Waals surface area contributed by atoms with Crippen LogP contribution in [0.1, 0.15) is 41.5 Å². The number of carbonyl (C=O) groups is 1. The number of hydrogen-bond donors (Lipinski definition) is 2. The first kappa shape index (κ1) is 24.2. The van der Waals surface area contributed by atoms with E-state index in [-0.39, 0.29) is 16.9 Å². The number of aromatic nitrogens is 3. The first-order chi connectivity index (χ1) is 17.4. The van der Waals surface area contributed by atoms with Gasteiger partial charge in [0, 0.05) is 30.2 Å². The van der Waals surface area contributed by atoms with Crippen molar-refractivity contribution in [2.45, 2.75) is 19.9 Å². The molecule has 3 N–H and O–H groups in total. The number of aliphatic imine (C=N–C) groups is 1. The highest BCUT2D eigenvalue weighted by Crippen LogP contribution is 2.27. The van der Waals surface area contributed by atoms with Gasteiger partial charge >= 0.3 is 0 Å². The minimum Gasteiger partial charge on any atom is -0.381 e. The summed E-state index contributed by atoms with van der Waals surface area (Å²) in [5.41, 5.74) is 7.90. The summed E-state index contributed by atoms with van der Waals surface area (Å²) in [4.78, 5) is 31.4. The maximum atomic E-state index is 13.9. The molecule has 8 nitrogen and oxygen atoms in total. The van der Waals surface area contributed by atoms with Crippen LogP contribution >= 0.6 is 0 Å². The lowest BCUT2D eigenvalue weighted by Crippen LogP contribution is -2.32. The molecule has 0 radical (unpaired) electrons. The SMILES string of the molecule is C=C/C=N\c1c(C(=O)NC(C)c2cc3cccc(C#CC)c3c(=O)n2-c2ccccc2)c(N)nn1C. The summed E-state index contributed by atoms with van der Waals surface area (Å²) in [6.07, 6.45) is 2.96. The highest BCUT2D eigenvalue weighted by atomic mass is 16.2. The van der Waals surface area contributed by atoms with Gasteiger partial charge in [0.05, 0.1) is 11.4 Å². The van der Waals surface area contributed by atoms with Crippen LogP contribution in [0, 0.1) is 11.8 Å². The second kappa shape index (κ2) is 10.2. The third-order valence-electron chi connectivity index (χ3n) is 5.71. The highest BCUT2D eigenvalue weighted by Gasteiger charge is 2.24. The molecule has 2 aromatic carbocycles. The second-order valence-corrected chi connectivity index (χ2v) is 8.11. The molecule has 36 heavy (non-hydrogen) atoms. The lowest BCUT2D eigenvalue weighted by molar-refractivity contribution is 0.0940. The summed E-state index contributed by atoms with van der Waals surface area (Å²) < 4.78 is 3.04. The fourth-order valence-corrected chi connectivity index (χ4v) is 4.15. The van der Waals surface area contributed by atoms with Crippen molar-refractivity contribution in [1.29, 1.82) is 0 Å². The molecular formula is C28H26N6O2. The van der Waals surface area contributed by atoms with Gasteiger partial charge in [0.1, 0.15) is 5.56 Å². The summed E-state index contributed by atoms with van der Waals surface area (Å²) in [5.74, 6) is 5.81. The summed E-state index contributed by atoms with van der Waals surface area (Å²) in [6.45, 7) is 7.16. The maximum Gasteiger partial charge on any atom is 0.264 e. The van der Waals surface area contributed by atoms with Gasteiger partial charge in [-0.3, -0.25) is 14.2 Å². The fourth-order valence-electron chi connectivity index (χ4n) is 4.15. The molecule has 180 valence electrons. The Bertz CT molecular complexity index is 1620. The number of hydrogen-bond acceptors (Lipinski definition) is 5. The summed E-state index contributed by atoms with van der Waals surface area (Å²) in [5, 5.41) is 8.36. The number of para-hydroxylation sites is 1. The lowest BCUT2D eigenvalue weighted by atomic mass is 10.0. The number of benzene rings is 2. The number of aryl methyl sites for hydroxylation is 1. The van der Waals surface area contributed by atoms with Gasteiger partial charge in [-0.1, -0.05) is 48.9 Å². The quantitative estimate of drug-likeness (QED) is 0.322. The Balaban J connectivity index is 1.87. The number of allylic oxidation sites excluding steroid dienone is 1. The molecule has 0 fully saturated rings. The average molecular weight is 479 g/mol.